The molecule has 0 atom stereocenters. The molecule has 1 aliphatic rings. The highest BCUT2D eigenvalue weighted by Gasteiger charge is 2.21. The van der Waals surface area contributed by atoms with Gasteiger partial charge in [-0.15, -0.1) is 0 Å². The fourth-order valence-corrected chi connectivity index (χ4v) is 2.19. The molecule has 0 bridgehead atoms. The van der Waals surface area contributed by atoms with E-state index in [9.17, 15) is 0 Å². The SMILES string of the molecule is CCC(C)(C)c1ccc2c(c1)CN(C)C2. The molecular weight excluding hydrogens is 182 g/mol. The number of rotatable bonds is 2. The fraction of sp³-hybridized carbons (Fsp3) is 0.571. The highest BCUT2D eigenvalue weighted by atomic mass is 15.1. The first-order chi connectivity index (χ1) is 7.03. The van der Waals surface area contributed by atoms with E-state index in [2.05, 4.69) is 50.9 Å². The monoisotopic (exact) mass is 203 g/mol. The minimum absolute atomic E-state index is 0.316. The van der Waals surface area contributed by atoms with Crippen molar-refractivity contribution in [2.75, 3.05) is 7.05 Å². The minimum Gasteiger partial charge on any atom is -0.298 e. The average Bonchev–Trinajstić information content (AvgIpc) is 2.56. The zero-order valence-electron chi connectivity index (χ0n) is 10.3. The van der Waals surface area contributed by atoms with Gasteiger partial charge in [0.05, 0.1) is 0 Å². The Kier molecular flexibility index (Phi) is 2.59. The van der Waals surface area contributed by atoms with Gasteiger partial charge in [-0.3, -0.25) is 4.90 Å². The average molecular weight is 203 g/mol. The smallest absolute Gasteiger partial charge is 0.0237 e. The van der Waals surface area contributed by atoms with Crippen LogP contribution < -0.4 is 0 Å². The van der Waals surface area contributed by atoms with E-state index in [0.29, 0.717) is 5.41 Å². The van der Waals surface area contributed by atoms with E-state index in [0.717, 1.165) is 13.1 Å². The number of fused-ring (bicyclic) bond motifs is 1. The summed E-state index contributed by atoms with van der Waals surface area (Å²) in [6.07, 6.45) is 1.20. The predicted molar refractivity (Wildman–Crippen MR) is 64.9 cm³/mol. The van der Waals surface area contributed by atoms with Crippen LogP contribution in [0.1, 0.15) is 43.9 Å². The fourth-order valence-electron chi connectivity index (χ4n) is 2.19. The zero-order chi connectivity index (χ0) is 11.1. The Morgan fingerprint density at radius 2 is 1.87 bits per heavy atom. The van der Waals surface area contributed by atoms with E-state index in [1.165, 1.54) is 23.1 Å². The summed E-state index contributed by atoms with van der Waals surface area (Å²) >= 11 is 0. The molecule has 15 heavy (non-hydrogen) atoms. The van der Waals surface area contributed by atoms with Gasteiger partial charge in [0, 0.05) is 13.1 Å². The van der Waals surface area contributed by atoms with E-state index in [1.807, 2.05) is 0 Å². The molecule has 0 aromatic heterocycles. The summed E-state index contributed by atoms with van der Waals surface area (Å²) in [6, 6.07) is 7.02. The molecule has 2 rings (SSSR count). The van der Waals surface area contributed by atoms with Crippen LogP contribution in [0.5, 0.6) is 0 Å². The van der Waals surface area contributed by atoms with Crippen molar-refractivity contribution in [3.63, 3.8) is 0 Å². The van der Waals surface area contributed by atoms with Crippen LogP contribution in [0.2, 0.25) is 0 Å². The third-order valence-electron chi connectivity index (χ3n) is 3.75. The van der Waals surface area contributed by atoms with Crippen LogP contribution >= 0.6 is 0 Å². The molecule has 1 heteroatoms. The van der Waals surface area contributed by atoms with Crippen LogP contribution in [0.3, 0.4) is 0 Å². The molecule has 0 spiro atoms. The van der Waals surface area contributed by atoms with Gasteiger partial charge in [0.15, 0.2) is 0 Å². The maximum atomic E-state index is 2.41. The first-order valence-electron chi connectivity index (χ1n) is 5.84. The lowest BCUT2D eigenvalue weighted by Crippen LogP contribution is -2.15. The lowest BCUT2D eigenvalue weighted by Gasteiger charge is -2.23. The summed E-state index contributed by atoms with van der Waals surface area (Å²) in [4.78, 5) is 2.37. The van der Waals surface area contributed by atoms with Crippen molar-refractivity contribution in [2.45, 2.75) is 45.7 Å². The van der Waals surface area contributed by atoms with Crippen LogP contribution in [-0.2, 0) is 18.5 Å². The lowest BCUT2D eigenvalue weighted by atomic mass is 9.81. The highest BCUT2D eigenvalue weighted by molar-refractivity contribution is 5.37. The third-order valence-corrected chi connectivity index (χ3v) is 3.75. The maximum absolute atomic E-state index is 2.41. The lowest BCUT2D eigenvalue weighted by molar-refractivity contribution is 0.353. The molecule has 0 unspecified atom stereocenters. The van der Waals surface area contributed by atoms with Gasteiger partial charge in [0.2, 0.25) is 0 Å². The number of benzene rings is 1. The van der Waals surface area contributed by atoms with Crippen molar-refractivity contribution < 1.29 is 0 Å². The molecule has 0 N–H and O–H groups in total. The second-order valence-corrected chi connectivity index (χ2v) is 5.39. The van der Waals surface area contributed by atoms with E-state index in [-0.39, 0.29) is 0 Å². The molecule has 0 saturated heterocycles. The molecular formula is C14H21N. The van der Waals surface area contributed by atoms with Gasteiger partial charge in [-0.2, -0.15) is 0 Å². The maximum Gasteiger partial charge on any atom is 0.0237 e. The summed E-state index contributed by atoms with van der Waals surface area (Å²) in [5, 5.41) is 0. The van der Waals surface area contributed by atoms with Crippen molar-refractivity contribution in [2.24, 2.45) is 0 Å². The Labute approximate surface area is 93.1 Å². The van der Waals surface area contributed by atoms with Gasteiger partial charge < -0.3 is 0 Å². The second kappa shape index (κ2) is 3.64. The highest BCUT2D eigenvalue weighted by Crippen LogP contribution is 2.30. The molecule has 0 saturated carbocycles. The van der Waals surface area contributed by atoms with E-state index >= 15 is 0 Å². The Morgan fingerprint density at radius 1 is 1.20 bits per heavy atom. The van der Waals surface area contributed by atoms with Crippen LogP contribution in [0.15, 0.2) is 18.2 Å². The summed E-state index contributed by atoms with van der Waals surface area (Å²) in [6.45, 7) is 9.14. The normalized spacial score (nSPS) is 16.8. The Bertz CT molecular complexity index is 366. The number of hydrogen-bond acceptors (Lipinski definition) is 1. The van der Waals surface area contributed by atoms with Gasteiger partial charge in [0.25, 0.3) is 0 Å². The summed E-state index contributed by atoms with van der Waals surface area (Å²) < 4.78 is 0. The number of hydrogen-bond donors (Lipinski definition) is 0. The summed E-state index contributed by atoms with van der Waals surface area (Å²) in [5.74, 6) is 0. The van der Waals surface area contributed by atoms with Gasteiger partial charge in [0.1, 0.15) is 0 Å². The molecule has 82 valence electrons. The van der Waals surface area contributed by atoms with E-state index in [4.69, 9.17) is 0 Å². The quantitative estimate of drug-likeness (QED) is 0.712. The molecule has 1 aromatic carbocycles. The topological polar surface area (TPSA) is 3.24 Å². The summed E-state index contributed by atoms with van der Waals surface area (Å²) in [5.41, 5.74) is 4.83. The molecule has 1 aliphatic heterocycles. The van der Waals surface area contributed by atoms with Crippen molar-refractivity contribution >= 4 is 0 Å². The zero-order valence-corrected chi connectivity index (χ0v) is 10.3. The van der Waals surface area contributed by atoms with Gasteiger partial charge in [-0.05, 0) is 35.6 Å². The molecule has 0 aliphatic carbocycles. The first kappa shape index (κ1) is 10.7. The third kappa shape index (κ3) is 1.93. The van der Waals surface area contributed by atoms with Crippen molar-refractivity contribution in [1.29, 1.82) is 0 Å². The van der Waals surface area contributed by atoms with Gasteiger partial charge >= 0.3 is 0 Å². The minimum atomic E-state index is 0.316. The van der Waals surface area contributed by atoms with Crippen molar-refractivity contribution in [3.05, 3.63) is 34.9 Å². The van der Waals surface area contributed by atoms with Crippen LogP contribution in [-0.4, -0.2) is 11.9 Å². The van der Waals surface area contributed by atoms with Gasteiger partial charge in [-0.1, -0.05) is 39.0 Å². The molecule has 1 nitrogen and oxygen atoms in total. The second-order valence-electron chi connectivity index (χ2n) is 5.39. The summed E-state index contributed by atoms with van der Waals surface area (Å²) in [7, 11) is 2.19. The van der Waals surface area contributed by atoms with Crippen molar-refractivity contribution in [1.82, 2.24) is 4.90 Å². The number of nitrogens with zero attached hydrogens (tertiary/aromatic N) is 1. The van der Waals surface area contributed by atoms with Crippen LogP contribution in [0, 0.1) is 0 Å². The van der Waals surface area contributed by atoms with Crippen LogP contribution in [0.25, 0.3) is 0 Å². The molecule has 1 heterocycles. The van der Waals surface area contributed by atoms with E-state index in [1.54, 1.807) is 0 Å². The molecule has 0 amide bonds. The first-order valence-corrected chi connectivity index (χ1v) is 5.84. The molecule has 0 fully saturated rings. The molecule has 0 radical (unpaired) electrons. The standard InChI is InChI=1S/C14H21N/c1-5-14(2,3)13-7-6-11-9-15(4)10-12(11)8-13/h6-8H,5,9-10H2,1-4H3. The van der Waals surface area contributed by atoms with Gasteiger partial charge in [-0.25, -0.2) is 0 Å². The van der Waals surface area contributed by atoms with Crippen LogP contribution in [0.4, 0.5) is 0 Å². The Morgan fingerprint density at radius 3 is 2.53 bits per heavy atom. The predicted octanol–water partition coefficient (Wildman–Crippen LogP) is 3.32. The van der Waals surface area contributed by atoms with E-state index < -0.39 is 0 Å². The Hall–Kier alpha value is -0.820. The largest absolute Gasteiger partial charge is 0.298 e. The molecule has 1 aromatic rings. The Balaban J connectivity index is 2.35. The van der Waals surface area contributed by atoms with Crippen molar-refractivity contribution in [3.8, 4) is 0 Å².